The van der Waals surface area contributed by atoms with E-state index in [-0.39, 0.29) is 30.1 Å². The van der Waals surface area contributed by atoms with Gasteiger partial charge in [0.25, 0.3) is 5.91 Å². The van der Waals surface area contributed by atoms with Crippen molar-refractivity contribution in [2.45, 2.75) is 41.8 Å². The van der Waals surface area contributed by atoms with Crippen LogP contribution in [0.5, 0.6) is 0 Å². The summed E-state index contributed by atoms with van der Waals surface area (Å²) in [6.45, 7) is 3.24. The number of hydrazine groups is 1. The van der Waals surface area contributed by atoms with Crippen LogP contribution in [0.15, 0.2) is 47.4 Å². The summed E-state index contributed by atoms with van der Waals surface area (Å²) in [5.74, 6) is -1.55. The lowest BCUT2D eigenvalue weighted by molar-refractivity contribution is -0.143. The lowest BCUT2D eigenvalue weighted by Gasteiger charge is -2.37. The van der Waals surface area contributed by atoms with Crippen LogP contribution in [-0.4, -0.2) is 65.5 Å². The standard InChI is InChI=1S/C23H28ClFN4O5S2/c1-14-8-9-17(12-20(14)36(33,34)27-11-10-16-6-4-5-7-19(16)25)28-22(30)15(2)29-23(31)21(35(3)32)18(24)13-26-29/h4-9,12,15,18,21,26-27H,10-11,13H2,1-3H3,(H,28,30). The SMILES string of the molecule is Cc1ccc(NC(=O)C(C)N2NCC(Cl)C(S(C)=O)C2=O)cc1S(=O)(=O)NCCc1ccccc1F. The van der Waals surface area contributed by atoms with Crippen LogP contribution >= 0.6 is 11.6 Å². The van der Waals surface area contributed by atoms with E-state index >= 15 is 0 Å². The van der Waals surface area contributed by atoms with Gasteiger partial charge in [-0.1, -0.05) is 24.3 Å². The molecule has 4 atom stereocenters. The smallest absolute Gasteiger partial charge is 0.254 e. The molecule has 0 radical (unpaired) electrons. The highest BCUT2D eigenvalue weighted by atomic mass is 35.5. The minimum absolute atomic E-state index is 0.0133. The Hall–Kier alpha value is -2.38. The number of nitrogens with one attached hydrogen (secondary N) is 3. The average Bonchev–Trinajstić information content (AvgIpc) is 2.81. The number of benzene rings is 2. The molecular weight excluding hydrogens is 531 g/mol. The molecule has 1 aliphatic rings. The second kappa shape index (κ2) is 11.8. The quantitative estimate of drug-likeness (QED) is 0.402. The maximum Gasteiger partial charge on any atom is 0.254 e. The van der Waals surface area contributed by atoms with E-state index in [1.165, 1.54) is 25.3 Å². The van der Waals surface area contributed by atoms with E-state index in [9.17, 15) is 26.6 Å². The van der Waals surface area contributed by atoms with Crippen LogP contribution in [-0.2, 0) is 36.8 Å². The van der Waals surface area contributed by atoms with Gasteiger partial charge in [0.05, 0.1) is 10.3 Å². The number of carbonyl (C=O) groups excluding carboxylic acids is 2. The first-order valence-electron chi connectivity index (χ1n) is 11.1. The summed E-state index contributed by atoms with van der Waals surface area (Å²) in [4.78, 5) is 25.6. The molecule has 36 heavy (non-hydrogen) atoms. The Morgan fingerprint density at radius 1 is 1.31 bits per heavy atom. The Morgan fingerprint density at radius 3 is 2.67 bits per heavy atom. The number of sulfonamides is 1. The van der Waals surface area contributed by atoms with Crippen LogP contribution in [0.3, 0.4) is 0 Å². The first-order chi connectivity index (χ1) is 16.9. The predicted molar refractivity (Wildman–Crippen MR) is 137 cm³/mol. The van der Waals surface area contributed by atoms with Gasteiger partial charge in [0, 0.05) is 35.8 Å². The van der Waals surface area contributed by atoms with Crippen LogP contribution < -0.4 is 15.5 Å². The second-order valence-electron chi connectivity index (χ2n) is 8.39. The van der Waals surface area contributed by atoms with E-state index in [0.717, 1.165) is 5.01 Å². The zero-order valence-corrected chi connectivity index (χ0v) is 22.3. The predicted octanol–water partition coefficient (Wildman–Crippen LogP) is 1.68. The topological polar surface area (TPSA) is 125 Å². The monoisotopic (exact) mass is 558 g/mol. The fourth-order valence-electron chi connectivity index (χ4n) is 3.77. The van der Waals surface area contributed by atoms with E-state index in [1.807, 2.05) is 0 Å². The fraction of sp³-hybridized carbons (Fsp3) is 0.391. The maximum absolute atomic E-state index is 13.8. The van der Waals surface area contributed by atoms with Gasteiger partial charge in [0.15, 0.2) is 0 Å². The largest absolute Gasteiger partial charge is 0.324 e. The van der Waals surface area contributed by atoms with Gasteiger partial charge in [-0.05, 0) is 49.6 Å². The summed E-state index contributed by atoms with van der Waals surface area (Å²) < 4.78 is 54.0. The number of anilines is 1. The van der Waals surface area contributed by atoms with Crippen molar-refractivity contribution >= 4 is 49.9 Å². The van der Waals surface area contributed by atoms with Crippen molar-refractivity contribution in [2.24, 2.45) is 0 Å². The Kier molecular flexibility index (Phi) is 9.23. The minimum Gasteiger partial charge on any atom is -0.324 e. The molecule has 2 aromatic rings. The number of alkyl halides is 1. The molecule has 9 nitrogen and oxygen atoms in total. The van der Waals surface area contributed by atoms with Crippen molar-refractivity contribution < 1.29 is 26.6 Å². The molecule has 3 N–H and O–H groups in total. The molecule has 0 saturated carbocycles. The minimum atomic E-state index is -3.95. The lowest BCUT2D eigenvalue weighted by Crippen LogP contribution is -2.64. The van der Waals surface area contributed by atoms with Gasteiger partial charge < -0.3 is 5.32 Å². The highest BCUT2D eigenvalue weighted by Crippen LogP contribution is 2.22. The van der Waals surface area contributed by atoms with Gasteiger partial charge >= 0.3 is 0 Å². The fourth-order valence-corrected chi connectivity index (χ4v) is 6.59. The zero-order chi connectivity index (χ0) is 26.6. The first kappa shape index (κ1) is 28.2. The van der Waals surface area contributed by atoms with Gasteiger partial charge in [0.1, 0.15) is 17.1 Å². The number of rotatable bonds is 9. The average molecular weight is 559 g/mol. The Labute approximate surface area is 217 Å². The van der Waals surface area contributed by atoms with E-state index in [2.05, 4.69) is 15.5 Å². The summed E-state index contributed by atoms with van der Waals surface area (Å²) in [5, 5.41) is 2.09. The molecule has 2 amide bonds. The third-order valence-electron chi connectivity index (χ3n) is 5.78. The zero-order valence-electron chi connectivity index (χ0n) is 20.0. The molecule has 13 heteroatoms. The van der Waals surface area contributed by atoms with Crippen LogP contribution in [0.2, 0.25) is 0 Å². The van der Waals surface area contributed by atoms with Crippen molar-refractivity contribution in [1.82, 2.24) is 15.2 Å². The molecule has 0 aliphatic carbocycles. The van der Waals surface area contributed by atoms with Gasteiger partial charge in [-0.15, -0.1) is 11.6 Å². The lowest BCUT2D eigenvalue weighted by atomic mass is 10.1. The van der Waals surface area contributed by atoms with Crippen LogP contribution in [0.4, 0.5) is 10.1 Å². The Balaban J connectivity index is 1.70. The summed E-state index contributed by atoms with van der Waals surface area (Å²) in [6, 6.07) is 9.54. The van der Waals surface area contributed by atoms with E-state index in [0.29, 0.717) is 11.1 Å². The van der Waals surface area contributed by atoms with E-state index in [1.54, 1.807) is 37.3 Å². The van der Waals surface area contributed by atoms with E-state index in [4.69, 9.17) is 11.6 Å². The molecule has 3 rings (SSSR count). The molecule has 2 aromatic carbocycles. The van der Waals surface area contributed by atoms with Gasteiger partial charge in [-0.25, -0.2) is 23.0 Å². The number of halogens is 2. The third kappa shape index (κ3) is 6.48. The number of nitrogens with zero attached hydrogens (tertiary/aromatic N) is 1. The third-order valence-corrected chi connectivity index (χ3v) is 9.18. The summed E-state index contributed by atoms with van der Waals surface area (Å²) in [7, 11) is -5.48. The Morgan fingerprint density at radius 2 is 2.00 bits per heavy atom. The number of aryl methyl sites for hydroxylation is 1. The molecule has 1 aliphatic heterocycles. The maximum atomic E-state index is 13.8. The normalized spacial score (nSPS) is 20.1. The van der Waals surface area contributed by atoms with Crippen molar-refractivity contribution in [3.63, 3.8) is 0 Å². The summed E-state index contributed by atoms with van der Waals surface area (Å²) in [6.07, 6.45) is 1.55. The van der Waals surface area contributed by atoms with Gasteiger partial charge in [-0.2, -0.15) is 0 Å². The summed E-state index contributed by atoms with van der Waals surface area (Å²) >= 11 is 6.12. The highest BCUT2D eigenvalue weighted by molar-refractivity contribution is 7.89. The van der Waals surface area contributed by atoms with Crippen molar-refractivity contribution in [2.75, 3.05) is 24.7 Å². The molecule has 0 spiro atoms. The molecule has 1 fully saturated rings. The van der Waals surface area contributed by atoms with E-state index < -0.39 is 55.1 Å². The molecule has 1 heterocycles. The van der Waals surface area contributed by atoms with Crippen LogP contribution in [0, 0.1) is 12.7 Å². The number of hydrogen-bond acceptors (Lipinski definition) is 6. The molecule has 4 unspecified atom stereocenters. The van der Waals surface area contributed by atoms with Gasteiger partial charge in [-0.3, -0.25) is 18.8 Å². The second-order valence-corrected chi connectivity index (χ2v) is 12.2. The molecule has 0 aromatic heterocycles. The number of carbonyl (C=O) groups is 2. The first-order valence-corrected chi connectivity index (χ1v) is 14.6. The Bertz CT molecular complexity index is 1280. The molecule has 196 valence electrons. The van der Waals surface area contributed by atoms with Crippen LogP contribution in [0.25, 0.3) is 0 Å². The number of hydrogen-bond donors (Lipinski definition) is 3. The molecule has 0 bridgehead atoms. The molecule has 1 saturated heterocycles. The summed E-state index contributed by atoms with van der Waals surface area (Å²) in [5.41, 5.74) is 3.83. The highest BCUT2D eigenvalue weighted by Gasteiger charge is 2.41. The van der Waals surface area contributed by atoms with Crippen molar-refractivity contribution in [3.05, 3.63) is 59.4 Å². The molecular formula is C23H28ClFN4O5S2. The van der Waals surface area contributed by atoms with Gasteiger partial charge in [0.2, 0.25) is 15.9 Å². The van der Waals surface area contributed by atoms with Crippen molar-refractivity contribution in [3.8, 4) is 0 Å². The number of amides is 2. The van der Waals surface area contributed by atoms with Crippen LogP contribution in [0.1, 0.15) is 18.1 Å². The van der Waals surface area contributed by atoms with Crippen molar-refractivity contribution in [1.29, 1.82) is 0 Å².